The number of para-hydroxylation sites is 2. The maximum atomic E-state index is 12.4. The summed E-state index contributed by atoms with van der Waals surface area (Å²) in [6, 6.07) is 13.9. The van der Waals surface area contributed by atoms with Crippen molar-refractivity contribution < 1.29 is 8.42 Å². The van der Waals surface area contributed by atoms with Gasteiger partial charge in [-0.2, -0.15) is 0 Å². The predicted octanol–water partition coefficient (Wildman–Crippen LogP) is 3.32. The van der Waals surface area contributed by atoms with Gasteiger partial charge in [-0.15, -0.1) is 0 Å². The molecule has 0 aliphatic heterocycles. The average molecular weight is 355 g/mol. The largest absolute Gasteiger partial charge is 0.376 e. The molecular formula is C14H15BrN2O2S. The predicted molar refractivity (Wildman–Crippen MR) is 85.7 cm³/mol. The number of nitrogens with one attached hydrogen (secondary N) is 1. The van der Waals surface area contributed by atoms with Gasteiger partial charge in [-0.05, 0) is 30.3 Å². The van der Waals surface area contributed by atoms with Crippen LogP contribution in [0, 0.1) is 0 Å². The van der Waals surface area contributed by atoms with E-state index in [0.29, 0.717) is 5.69 Å². The third-order valence-corrected chi connectivity index (χ3v) is 4.59. The first-order chi connectivity index (χ1) is 9.40. The smallest absolute Gasteiger partial charge is 0.262 e. The summed E-state index contributed by atoms with van der Waals surface area (Å²) in [6.45, 7) is 0. The summed E-state index contributed by atoms with van der Waals surface area (Å²) >= 11 is 3.28. The SMILES string of the molecule is CN(C)c1ccccc1NS(=O)(=O)c1cccc(Br)c1. The molecule has 0 atom stereocenters. The van der Waals surface area contributed by atoms with Gasteiger partial charge < -0.3 is 4.90 Å². The Morgan fingerprint density at radius 1 is 1.05 bits per heavy atom. The van der Waals surface area contributed by atoms with Crippen LogP contribution in [0.4, 0.5) is 11.4 Å². The first-order valence-electron chi connectivity index (χ1n) is 5.95. The maximum absolute atomic E-state index is 12.4. The number of nitrogens with zero attached hydrogens (tertiary/aromatic N) is 1. The van der Waals surface area contributed by atoms with Gasteiger partial charge in [-0.1, -0.05) is 34.1 Å². The summed E-state index contributed by atoms with van der Waals surface area (Å²) in [5, 5.41) is 0. The molecule has 106 valence electrons. The van der Waals surface area contributed by atoms with Crippen LogP contribution in [0.25, 0.3) is 0 Å². The Labute approximate surface area is 127 Å². The second-order valence-electron chi connectivity index (χ2n) is 4.47. The van der Waals surface area contributed by atoms with Crippen LogP contribution in [0.15, 0.2) is 57.9 Å². The van der Waals surface area contributed by atoms with Crippen molar-refractivity contribution in [1.82, 2.24) is 0 Å². The zero-order chi connectivity index (χ0) is 14.8. The Morgan fingerprint density at radius 2 is 1.75 bits per heavy atom. The van der Waals surface area contributed by atoms with Gasteiger partial charge in [-0.25, -0.2) is 8.42 Å². The number of hydrogen-bond donors (Lipinski definition) is 1. The number of sulfonamides is 1. The van der Waals surface area contributed by atoms with Crippen LogP contribution in [-0.4, -0.2) is 22.5 Å². The summed E-state index contributed by atoms with van der Waals surface area (Å²) in [5.74, 6) is 0. The van der Waals surface area contributed by atoms with Gasteiger partial charge in [0, 0.05) is 18.6 Å². The molecule has 2 aromatic rings. The molecule has 0 aliphatic carbocycles. The van der Waals surface area contributed by atoms with Gasteiger partial charge in [0.25, 0.3) is 10.0 Å². The summed E-state index contributed by atoms with van der Waals surface area (Å²) in [6.07, 6.45) is 0. The molecule has 0 heterocycles. The van der Waals surface area contributed by atoms with Crippen molar-refractivity contribution in [1.29, 1.82) is 0 Å². The molecule has 0 amide bonds. The van der Waals surface area contributed by atoms with Crippen LogP contribution in [0.1, 0.15) is 0 Å². The van der Waals surface area contributed by atoms with Crippen molar-refractivity contribution >= 4 is 37.3 Å². The summed E-state index contributed by atoms with van der Waals surface area (Å²) in [4.78, 5) is 2.08. The van der Waals surface area contributed by atoms with E-state index in [2.05, 4.69) is 20.7 Å². The van der Waals surface area contributed by atoms with Crippen LogP contribution >= 0.6 is 15.9 Å². The Balaban J connectivity index is 2.39. The number of rotatable bonds is 4. The van der Waals surface area contributed by atoms with Crippen LogP contribution in [0.3, 0.4) is 0 Å². The van der Waals surface area contributed by atoms with Crippen molar-refractivity contribution in [3.05, 3.63) is 53.0 Å². The Kier molecular flexibility index (Phi) is 4.35. The fourth-order valence-electron chi connectivity index (χ4n) is 1.79. The van der Waals surface area contributed by atoms with Crippen LogP contribution in [0.5, 0.6) is 0 Å². The highest BCUT2D eigenvalue weighted by atomic mass is 79.9. The van der Waals surface area contributed by atoms with Gasteiger partial charge in [0.15, 0.2) is 0 Å². The molecule has 20 heavy (non-hydrogen) atoms. The zero-order valence-corrected chi connectivity index (χ0v) is 13.6. The number of benzene rings is 2. The number of anilines is 2. The van der Waals surface area contributed by atoms with Crippen LogP contribution < -0.4 is 9.62 Å². The normalized spacial score (nSPS) is 11.2. The van der Waals surface area contributed by atoms with Crippen LogP contribution in [-0.2, 0) is 10.0 Å². The van der Waals surface area contributed by atoms with Gasteiger partial charge in [0.05, 0.1) is 16.3 Å². The molecule has 0 aliphatic rings. The van der Waals surface area contributed by atoms with E-state index in [1.165, 1.54) is 0 Å². The molecule has 0 bridgehead atoms. The van der Waals surface area contributed by atoms with Crippen molar-refractivity contribution in [2.24, 2.45) is 0 Å². The van der Waals surface area contributed by atoms with Gasteiger partial charge in [0.1, 0.15) is 0 Å². The molecule has 2 aromatic carbocycles. The summed E-state index contributed by atoms with van der Waals surface area (Å²) in [5.41, 5.74) is 1.36. The summed E-state index contributed by atoms with van der Waals surface area (Å²) < 4.78 is 28.1. The third kappa shape index (κ3) is 3.32. The molecule has 0 unspecified atom stereocenters. The van der Waals surface area contributed by atoms with E-state index in [4.69, 9.17) is 0 Å². The van der Waals surface area contributed by atoms with E-state index in [9.17, 15) is 8.42 Å². The lowest BCUT2D eigenvalue weighted by atomic mass is 10.2. The van der Waals surface area contributed by atoms with E-state index >= 15 is 0 Å². The van der Waals surface area contributed by atoms with Crippen molar-refractivity contribution in [3.63, 3.8) is 0 Å². The Bertz CT molecular complexity index is 715. The van der Waals surface area contributed by atoms with Gasteiger partial charge in [0.2, 0.25) is 0 Å². The zero-order valence-electron chi connectivity index (χ0n) is 11.2. The second kappa shape index (κ2) is 5.85. The van der Waals surface area contributed by atoms with Crippen molar-refractivity contribution in [3.8, 4) is 0 Å². The first-order valence-corrected chi connectivity index (χ1v) is 8.22. The molecule has 4 nitrogen and oxygen atoms in total. The lowest BCUT2D eigenvalue weighted by molar-refractivity contribution is 0.601. The molecule has 1 N–H and O–H groups in total. The maximum Gasteiger partial charge on any atom is 0.262 e. The highest BCUT2D eigenvalue weighted by Crippen LogP contribution is 2.26. The van der Waals surface area contributed by atoms with Gasteiger partial charge in [-0.3, -0.25) is 4.72 Å². The van der Waals surface area contributed by atoms with Crippen molar-refractivity contribution in [2.45, 2.75) is 4.90 Å². The Morgan fingerprint density at radius 3 is 2.40 bits per heavy atom. The fraction of sp³-hybridized carbons (Fsp3) is 0.143. The van der Waals surface area contributed by atoms with E-state index in [1.54, 1.807) is 36.4 Å². The highest BCUT2D eigenvalue weighted by Gasteiger charge is 2.16. The standard InChI is InChI=1S/C14H15BrN2O2S/c1-17(2)14-9-4-3-8-13(14)16-20(18,19)12-7-5-6-11(15)10-12/h3-10,16H,1-2H3. The van der Waals surface area contributed by atoms with Crippen LogP contribution in [0.2, 0.25) is 0 Å². The molecule has 2 rings (SSSR count). The minimum Gasteiger partial charge on any atom is -0.376 e. The van der Waals surface area contributed by atoms with Gasteiger partial charge >= 0.3 is 0 Å². The van der Waals surface area contributed by atoms with E-state index in [1.807, 2.05) is 31.1 Å². The molecular weight excluding hydrogens is 340 g/mol. The number of hydrogen-bond acceptors (Lipinski definition) is 3. The molecule has 0 saturated carbocycles. The minimum absolute atomic E-state index is 0.223. The summed E-state index contributed by atoms with van der Waals surface area (Å²) in [7, 11) is 0.136. The topological polar surface area (TPSA) is 49.4 Å². The molecule has 0 aromatic heterocycles. The average Bonchev–Trinajstić information content (AvgIpc) is 2.38. The monoisotopic (exact) mass is 354 g/mol. The highest BCUT2D eigenvalue weighted by molar-refractivity contribution is 9.10. The quantitative estimate of drug-likeness (QED) is 0.916. The van der Waals surface area contributed by atoms with E-state index in [-0.39, 0.29) is 4.90 Å². The fourth-order valence-corrected chi connectivity index (χ4v) is 3.46. The lowest BCUT2D eigenvalue weighted by Crippen LogP contribution is -2.17. The lowest BCUT2D eigenvalue weighted by Gasteiger charge is -2.18. The third-order valence-electron chi connectivity index (χ3n) is 2.74. The molecule has 0 spiro atoms. The van der Waals surface area contributed by atoms with E-state index in [0.717, 1.165) is 10.2 Å². The van der Waals surface area contributed by atoms with E-state index < -0.39 is 10.0 Å². The second-order valence-corrected chi connectivity index (χ2v) is 7.07. The Hall–Kier alpha value is -1.53. The van der Waals surface area contributed by atoms with Crippen molar-refractivity contribution in [2.75, 3.05) is 23.7 Å². The first kappa shape index (κ1) is 14.9. The molecule has 0 fully saturated rings. The minimum atomic E-state index is -3.60. The molecule has 0 radical (unpaired) electrons. The number of halogens is 1. The molecule has 0 saturated heterocycles. The molecule has 6 heteroatoms.